The second-order valence-corrected chi connectivity index (χ2v) is 9.91. The highest BCUT2D eigenvalue weighted by Gasteiger charge is 2.57. The standard InChI is InChI=1S/C25H29N5O2/c1-28-16-21(14-26-28)18-2-4-19(5-3-18)22-27-25(10-11-25)24(32)30(22)15-17-8-12-29(13-9-17)23(31)20-6-7-20/h2-5,14,16-17,20H,6-13,15H2,1H3. The Hall–Kier alpha value is -2.96. The molecule has 0 N–H and O–H groups in total. The smallest absolute Gasteiger partial charge is 0.256 e. The van der Waals surface area contributed by atoms with Crippen LogP contribution in [0.5, 0.6) is 0 Å². The maximum absolute atomic E-state index is 13.2. The zero-order valence-corrected chi connectivity index (χ0v) is 18.5. The maximum atomic E-state index is 13.2. The van der Waals surface area contributed by atoms with Gasteiger partial charge in [-0.05, 0) is 50.0 Å². The molecule has 6 rings (SSSR count). The topological polar surface area (TPSA) is 70.8 Å². The molecule has 1 aromatic heterocycles. The number of rotatable bonds is 5. The van der Waals surface area contributed by atoms with Crippen molar-refractivity contribution in [1.82, 2.24) is 19.6 Å². The largest absolute Gasteiger partial charge is 0.342 e. The van der Waals surface area contributed by atoms with Crippen molar-refractivity contribution in [2.24, 2.45) is 23.9 Å². The highest BCUT2D eigenvalue weighted by atomic mass is 16.2. The number of aryl methyl sites for hydroxylation is 1. The van der Waals surface area contributed by atoms with E-state index >= 15 is 0 Å². The van der Waals surface area contributed by atoms with Gasteiger partial charge in [0.1, 0.15) is 11.4 Å². The monoisotopic (exact) mass is 431 g/mol. The molecule has 0 unspecified atom stereocenters. The molecule has 4 aliphatic rings. The van der Waals surface area contributed by atoms with E-state index in [0.717, 1.165) is 74.1 Å². The first-order chi connectivity index (χ1) is 15.5. The summed E-state index contributed by atoms with van der Waals surface area (Å²) in [6, 6.07) is 8.30. The van der Waals surface area contributed by atoms with Crippen molar-refractivity contribution in [3.05, 3.63) is 42.2 Å². The Bertz CT molecular complexity index is 1090. The average molecular weight is 432 g/mol. The molecule has 0 atom stereocenters. The molecule has 3 heterocycles. The molecule has 2 aliphatic heterocycles. The summed E-state index contributed by atoms with van der Waals surface area (Å²) < 4.78 is 1.80. The SMILES string of the molecule is Cn1cc(-c2ccc(C3=NC4(CC4)C(=O)N3CC3CCN(C(=O)C4CC4)CC3)cc2)cn1. The predicted octanol–water partition coefficient (Wildman–Crippen LogP) is 2.86. The number of carbonyl (C=O) groups is 2. The van der Waals surface area contributed by atoms with Crippen molar-refractivity contribution in [1.29, 1.82) is 0 Å². The number of likely N-dealkylation sites (tertiary alicyclic amines) is 1. The maximum Gasteiger partial charge on any atom is 0.256 e. The Labute approximate surface area is 188 Å². The van der Waals surface area contributed by atoms with Crippen LogP contribution in [0.4, 0.5) is 0 Å². The molecular weight excluding hydrogens is 402 g/mol. The molecule has 2 amide bonds. The molecule has 166 valence electrons. The number of hydrogen-bond donors (Lipinski definition) is 0. The van der Waals surface area contributed by atoms with Crippen LogP contribution < -0.4 is 0 Å². The Kier molecular flexibility index (Phi) is 4.49. The zero-order chi connectivity index (χ0) is 21.9. The number of aliphatic imine (C=N–C) groups is 1. The van der Waals surface area contributed by atoms with Crippen LogP contribution in [0.15, 0.2) is 41.7 Å². The lowest BCUT2D eigenvalue weighted by Gasteiger charge is -2.34. The van der Waals surface area contributed by atoms with Gasteiger partial charge in [-0.2, -0.15) is 5.10 Å². The molecule has 7 heteroatoms. The third-order valence-corrected chi connectivity index (χ3v) is 7.42. The van der Waals surface area contributed by atoms with Crippen LogP contribution in [0.1, 0.15) is 44.1 Å². The van der Waals surface area contributed by atoms with Gasteiger partial charge >= 0.3 is 0 Å². The molecule has 1 spiro atoms. The quantitative estimate of drug-likeness (QED) is 0.731. The fraction of sp³-hybridized carbons (Fsp3) is 0.520. The van der Waals surface area contributed by atoms with E-state index in [1.807, 2.05) is 29.2 Å². The van der Waals surface area contributed by atoms with Crippen LogP contribution in [0.2, 0.25) is 0 Å². The van der Waals surface area contributed by atoms with Crippen molar-refractivity contribution < 1.29 is 9.59 Å². The van der Waals surface area contributed by atoms with Crippen molar-refractivity contribution in [2.45, 2.75) is 44.1 Å². The number of carbonyl (C=O) groups excluding carboxylic acids is 2. The number of aromatic nitrogens is 2. The van der Waals surface area contributed by atoms with Gasteiger partial charge in [-0.15, -0.1) is 0 Å². The average Bonchev–Trinajstić information content (AvgIpc) is 3.73. The summed E-state index contributed by atoms with van der Waals surface area (Å²) in [4.78, 5) is 34.5. The summed E-state index contributed by atoms with van der Waals surface area (Å²) in [7, 11) is 1.91. The molecule has 2 aromatic rings. The van der Waals surface area contributed by atoms with E-state index in [1.165, 1.54) is 0 Å². The first kappa shape index (κ1) is 19.7. The van der Waals surface area contributed by atoms with Gasteiger partial charge in [-0.3, -0.25) is 24.2 Å². The van der Waals surface area contributed by atoms with Gasteiger partial charge in [0.05, 0.1) is 6.20 Å². The van der Waals surface area contributed by atoms with Gasteiger partial charge in [0.2, 0.25) is 5.91 Å². The minimum Gasteiger partial charge on any atom is -0.342 e. The van der Waals surface area contributed by atoms with Crippen molar-refractivity contribution >= 4 is 17.6 Å². The summed E-state index contributed by atoms with van der Waals surface area (Å²) >= 11 is 0. The summed E-state index contributed by atoms with van der Waals surface area (Å²) in [5, 5.41) is 4.25. The number of amidine groups is 1. The molecule has 0 bridgehead atoms. The Morgan fingerprint density at radius 2 is 1.72 bits per heavy atom. The summed E-state index contributed by atoms with van der Waals surface area (Å²) in [5.74, 6) is 2.03. The second kappa shape index (κ2) is 7.29. The van der Waals surface area contributed by atoms with Crippen molar-refractivity contribution in [2.75, 3.05) is 19.6 Å². The van der Waals surface area contributed by atoms with Crippen LogP contribution >= 0.6 is 0 Å². The van der Waals surface area contributed by atoms with Gasteiger partial charge in [0.15, 0.2) is 0 Å². The highest BCUT2D eigenvalue weighted by molar-refractivity contribution is 6.16. The number of nitrogens with zero attached hydrogens (tertiary/aromatic N) is 5. The lowest BCUT2D eigenvalue weighted by molar-refractivity contribution is -0.134. The summed E-state index contributed by atoms with van der Waals surface area (Å²) in [6.45, 7) is 2.34. The minimum atomic E-state index is -0.500. The van der Waals surface area contributed by atoms with Crippen LogP contribution in [-0.4, -0.2) is 62.4 Å². The van der Waals surface area contributed by atoms with Gasteiger partial charge in [0, 0.05) is 49.9 Å². The number of amides is 2. The van der Waals surface area contributed by atoms with Crippen LogP contribution in [0, 0.1) is 11.8 Å². The van der Waals surface area contributed by atoms with Crippen LogP contribution in [-0.2, 0) is 16.6 Å². The Balaban J connectivity index is 1.17. The molecule has 7 nitrogen and oxygen atoms in total. The van der Waals surface area contributed by atoms with Crippen molar-refractivity contribution in [3.63, 3.8) is 0 Å². The summed E-state index contributed by atoms with van der Waals surface area (Å²) in [6.07, 6.45) is 9.60. The van der Waals surface area contributed by atoms with Gasteiger partial charge < -0.3 is 4.90 Å². The molecule has 2 saturated carbocycles. The fourth-order valence-electron chi connectivity index (χ4n) is 5.06. The molecule has 0 radical (unpaired) electrons. The predicted molar refractivity (Wildman–Crippen MR) is 121 cm³/mol. The lowest BCUT2D eigenvalue weighted by atomic mass is 9.95. The van der Waals surface area contributed by atoms with E-state index in [2.05, 4.69) is 29.4 Å². The molecule has 32 heavy (non-hydrogen) atoms. The van der Waals surface area contributed by atoms with E-state index in [-0.39, 0.29) is 11.8 Å². The molecule has 3 fully saturated rings. The first-order valence-electron chi connectivity index (χ1n) is 11.8. The van der Waals surface area contributed by atoms with Crippen LogP contribution in [0.25, 0.3) is 11.1 Å². The zero-order valence-electron chi connectivity index (χ0n) is 18.5. The minimum absolute atomic E-state index is 0.167. The molecule has 2 aliphatic carbocycles. The number of piperidine rings is 1. The van der Waals surface area contributed by atoms with Crippen LogP contribution in [0.3, 0.4) is 0 Å². The molecular formula is C25H29N5O2. The Morgan fingerprint density at radius 1 is 1.03 bits per heavy atom. The first-order valence-corrected chi connectivity index (χ1v) is 11.8. The van der Waals surface area contributed by atoms with Gasteiger partial charge in [-0.25, -0.2) is 0 Å². The fourth-order valence-corrected chi connectivity index (χ4v) is 5.06. The molecule has 1 aromatic carbocycles. The summed E-state index contributed by atoms with van der Waals surface area (Å²) in [5.41, 5.74) is 2.68. The Morgan fingerprint density at radius 3 is 2.31 bits per heavy atom. The van der Waals surface area contributed by atoms with Gasteiger partial charge in [0.25, 0.3) is 5.91 Å². The van der Waals surface area contributed by atoms with E-state index in [9.17, 15) is 9.59 Å². The third-order valence-electron chi connectivity index (χ3n) is 7.42. The highest BCUT2D eigenvalue weighted by Crippen LogP contribution is 2.46. The second-order valence-electron chi connectivity index (χ2n) is 9.91. The molecule has 1 saturated heterocycles. The number of benzene rings is 1. The number of hydrogen-bond acceptors (Lipinski definition) is 4. The van der Waals surface area contributed by atoms with Crippen molar-refractivity contribution in [3.8, 4) is 11.1 Å². The third kappa shape index (κ3) is 3.44. The lowest BCUT2D eigenvalue weighted by Crippen LogP contribution is -2.45. The van der Waals surface area contributed by atoms with E-state index in [4.69, 9.17) is 4.99 Å². The van der Waals surface area contributed by atoms with Gasteiger partial charge in [-0.1, -0.05) is 24.3 Å². The van der Waals surface area contributed by atoms with E-state index < -0.39 is 5.54 Å². The normalized spacial score (nSPS) is 22.5. The van der Waals surface area contributed by atoms with E-state index in [0.29, 0.717) is 18.4 Å². The van der Waals surface area contributed by atoms with E-state index in [1.54, 1.807) is 4.68 Å².